The van der Waals surface area contributed by atoms with Gasteiger partial charge in [0.2, 0.25) is 0 Å². The van der Waals surface area contributed by atoms with E-state index in [1.165, 1.54) is 11.1 Å². The van der Waals surface area contributed by atoms with Gasteiger partial charge in [0.25, 0.3) is 0 Å². The van der Waals surface area contributed by atoms with Gasteiger partial charge in [0, 0.05) is 23.1 Å². The van der Waals surface area contributed by atoms with Crippen LogP contribution in [0.15, 0.2) is 48.5 Å². The molecule has 0 saturated carbocycles. The third kappa shape index (κ3) is 2.05. The number of nitrogens with two attached hydrogens (primary N) is 1. The molecule has 0 spiro atoms. The van der Waals surface area contributed by atoms with Gasteiger partial charge in [-0.3, -0.25) is 0 Å². The van der Waals surface area contributed by atoms with Crippen molar-refractivity contribution in [2.45, 2.75) is 38.2 Å². The molecule has 1 aliphatic rings. The summed E-state index contributed by atoms with van der Waals surface area (Å²) in [4.78, 5) is 0. The maximum Gasteiger partial charge on any atom is 0.124 e. The van der Waals surface area contributed by atoms with Gasteiger partial charge < -0.3 is 10.5 Å². The molecule has 2 heteroatoms. The summed E-state index contributed by atoms with van der Waals surface area (Å²) in [5.74, 6) is 0.989. The number of hydrogen-bond acceptors (Lipinski definition) is 2. The fraction of sp³-hybridized carbons (Fsp3) is 0.333. The van der Waals surface area contributed by atoms with Crippen molar-refractivity contribution in [2.24, 2.45) is 0 Å². The quantitative estimate of drug-likeness (QED) is 0.788. The van der Waals surface area contributed by atoms with Gasteiger partial charge in [-0.1, -0.05) is 37.3 Å². The number of fused-ring (bicyclic) bond motifs is 1. The molecule has 1 aliphatic heterocycles. The fourth-order valence-electron chi connectivity index (χ4n) is 3.40. The number of anilines is 1. The van der Waals surface area contributed by atoms with Crippen LogP contribution in [-0.2, 0) is 5.41 Å². The summed E-state index contributed by atoms with van der Waals surface area (Å²) < 4.78 is 6.14. The van der Waals surface area contributed by atoms with E-state index >= 15 is 0 Å². The van der Waals surface area contributed by atoms with E-state index in [2.05, 4.69) is 51.1 Å². The maximum absolute atomic E-state index is 6.14. The summed E-state index contributed by atoms with van der Waals surface area (Å²) in [6, 6.07) is 16.6. The second-order valence-corrected chi connectivity index (χ2v) is 6.49. The van der Waals surface area contributed by atoms with Gasteiger partial charge >= 0.3 is 0 Å². The summed E-state index contributed by atoms with van der Waals surface area (Å²) >= 11 is 0. The average molecular weight is 267 g/mol. The average Bonchev–Trinajstić information content (AvgIpc) is 2.38. The molecule has 0 aliphatic carbocycles. The van der Waals surface area contributed by atoms with Crippen molar-refractivity contribution in [1.29, 1.82) is 0 Å². The first kappa shape index (κ1) is 13.0. The van der Waals surface area contributed by atoms with Crippen LogP contribution in [0.3, 0.4) is 0 Å². The summed E-state index contributed by atoms with van der Waals surface area (Å²) in [5.41, 5.74) is 8.94. The molecule has 104 valence electrons. The van der Waals surface area contributed by atoms with E-state index in [9.17, 15) is 0 Å². The number of para-hydroxylation sites is 1. The monoisotopic (exact) mass is 267 g/mol. The molecule has 2 aromatic carbocycles. The summed E-state index contributed by atoms with van der Waals surface area (Å²) in [5, 5.41) is 0. The Morgan fingerprint density at radius 1 is 0.950 bits per heavy atom. The second kappa shape index (κ2) is 4.27. The maximum atomic E-state index is 6.14. The van der Waals surface area contributed by atoms with Gasteiger partial charge in [0.05, 0.1) is 0 Å². The molecular formula is C18H21NO. The van der Waals surface area contributed by atoms with E-state index in [0.29, 0.717) is 0 Å². The van der Waals surface area contributed by atoms with Gasteiger partial charge in [-0.2, -0.15) is 0 Å². The van der Waals surface area contributed by atoms with Crippen molar-refractivity contribution in [3.63, 3.8) is 0 Å². The Morgan fingerprint density at radius 3 is 2.30 bits per heavy atom. The highest BCUT2D eigenvalue weighted by atomic mass is 16.5. The standard InChI is InChI=1S/C18H21NO/c1-17(2)12-18(3,13-8-10-14(19)11-9-13)15-6-4-5-7-16(15)20-17/h4-11H,12,19H2,1-3H3/t18-/m1/s1. The number of rotatable bonds is 1. The Morgan fingerprint density at radius 2 is 1.60 bits per heavy atom. The molecule has 0 bridgehead atoms. The van der Waals surface area contributed by atoms with Crippen LogP contribution in [0, 0.1) is 0 Å². The molecule has 2 N–H and O–H groups in total. The molecule has 1 heterocycles. The molecular weight excluding hydrogens is 246 g/mol. The van der Waals surface area contributed by atoms with Crippen molar-refractivity contribution in [1.82, 2.24) is 0 Å². The normalized spacial score (nSPS) is 23.8. The lowest BCUT2D eigenvalue weighted by molar-refractivity contribution is 0.0583. The molecule has 2 nitrogen and oxygen atoms in total. The number of ether oxygens (including phenoxy) is 1. The van der Waals surface area contributed by atoms with E-state index in [1.54, 1.807) is 0 Å². The smallest absolute Gasteiger partial charge is 0.124 e. The van der Waals surface area contributed by atoms with E-state index < -0.39 is 0 Å². The van der Waals surface area contributed by atoms with Crippen molar-refractivity contribution < 1.29 is 4.74 Å². The Kier molecular flexibility index (Phi) is 2.79. The number of benzene rings is 2. The minimum absolute atomic E-state index is 0.0496. The first-order valence-corrected chi connectivity index (χ1v) is 7.05. The second-order valence-electron chi connectivity index (χ2n) is 6.49. The molecule has 0 aromatic heterocycles. The van der Waals surface area contributed by atoms with Gasteiger partial charge in [-0.05, 0) is 37.6 Å². The van der Waals surface area contributed by atoms with Crippen LogP contribution >= 0.6 is 0 Å². The SMILES string of the molecule is CC1(C)C[C@](C)(c2ccc(N)cc2)c2ccccc2O1. The van der Waals surface area contributed by atoms with Crippen LogP contribution in [0.4, 0.5) is 5.69 Å². The molecule has 1 atom stereocenters. The lowest BCUT2D eigenvalue weighted by Crippen LogP contribution is -2.43. The van der Waals surface area contributed by atoms with Crippen molar-refractivity contribution in [2.75, 3.05) is 5.73 Å². The van der Waals surface area contributed by atoms with Crippen molar-refractivity contribution in [3.8, 4) is 5.75 Å². The molecule has 0 fully saturated rings. The fourth-order valence-corrected chi connectivity index (χ4v) is 3.40. The first-order valence-electron chi connectivity index (χ1n) is 7.05. The third-order valence-corrected chi connectivity index (χ3v) is 4.19. The topological polar surface area (TPSA) is 35.2 Å². The minimum atomic E-state index is -0.176. The largest absolute Gasteiger partial charge is 0.488 e. The number of hydrogen-bond donors (Lipinski definition) is 1. The van der Waals surface area contributed by atoms with Crippen LogP contribution in [0.1, 0.15) is 38.3 Å². The summed E-state index contributed by atoms with van der Waals surface area (Å²) in [7, 11) is 0. The van der Waals surface area contributed by atoms with Gasteiger partial charge in [0.1, 0.15) is 11.4 Å². The van der Waals surface area contributed by atoms with Gasteiger partial charge in [0.15, 0.2) is 0 Å². The zero-order valence-corrected chi connectivity index (χ0v) is 12.3. The summed E-state index contributed by atoms with van der Waals surface area (Å²) in [6.45, 7) is 6.60. The third-order valence-electron chi connectivity index (χ3n) is 4.19. The summed E-state index contributed by atoms with van der Waals surface area (Å²) in [6.07, 6.45) is 0.945. The van der Waals surface area contributed by atoms with E-state index in [1.807, 2.05) is 18.2 Å². The van der Waals surface area contributed by atoms with Crippen molar-refractivity contribution in [3.05, 3.63) is 59.7 Å². The Bertz CT molecular complexity index is 630. The van der Waals surface area contributed by atoms with Crippen LogP contribution in [0.5, 0.6) is 5.75 Å². The highest BCUT2D eigenvalue weighted by molar-refractivity contribution is 5.51. The lowest BCUT2D eigenvalue weighted by Gasteiger charge is -2.44. The molecule has 0 saturated heterocycles. The Hall–Kier alpha value is -1.96. The first-order chi connectivity index (χ1) is 9.41. The van der Waals surface area contributed by atoms with Crippen LogP contribution in [0.25, 0.3) is 0 Å². The lowest BCUT2D eigenvalue weighted by atomic mass is 9.68. The molecule has 2 aromatic rings. The molecule has 0 unspecified atom stereocenters. The highest BCUT2D eigenvalue weighted by Gasteiger charge is 2.42. The Balaban J connectivity index is 2.18. The van der Waals surface area contributed by atoms with Crippen molar-refractivity contribution >= 4 is 5.69 Å². The molecule has 3 rings (SSSR count). The van der Waals surface area contributed by atoms with Crippen LogP contribution < -0.4 is 10.5 Å². The predicted octanol–water partition coefficient (Wildman–Crippen LogP) is 4.14. The van der Waals surface area contributed by atoms with E-state index in [4.69, 9.17) is 10.5 Å². The highest BCUT2D eigenvalue weighted by Crippen LogP contribution is 2.48. The van der Waals surface area contributed by atoms with Gasteiger partial charge in [-0.15, -0.1) is 0 Å². The zero-order chi connectivity index (χ0) is 14.4. The number of nitrogen functional groups attached to an aromatic ring is 1. The van der Waals surface area contributed by atoms with E-state index in [0.717, 1.165) is 17.9 Å². The molecule has 20 heavy (non-hydrogen) atoms. The minimum Gasteiger partial charge on any atom is -0.488 e. The molecule has 0 radical (unpaired) electrons. The predicted molar refractivity (Wildman–Crippen MR) is 83.1 cm³/mol. The van der Waals surface area contributed by atoms with Crippen LogP contribution in [0.2, 0.25) is 0 Å². The molecule has 0 amide bonds. The van der Waals surface area contributed by atoms with Crippen LogP contribution in [-0.4, -0.2) is 5.60 Å². The Labute approximate surface area is 120 Å². The van der Waals surface area contributed by atoms with E-state index in [-0.39, 0.29) is 11.0 Å². The van der Waals surface area contributed by atoms with Gasteiger partial charge in [-0.25, -0.2) is 0 Å². The zero-order valence-electron chi connectivity index (χ0n) is 12.3.